The molecule has 0 bridgehead atoms. The molecule has 0 N–H and O–H groups in total. The van der Waals surface area contributed by atoms with Gasteiger partial charge in [0.1, 0.15) is 5.75 Å². The van der Waals surface area contributed by atoms with Crippen molar-refractivity contribution in [2.75, 3.05) is 20.8 Å². The van der Waals surface area contributed by atoms with E-state index in [2.05, 4.69) is 18.8 Å². The monoisotopic (exact) mass is 424 g/mol. The Morgan fingerprint density at radius 2 is 1.77 bits per heavy atom. The van der Waals surface area contributed by atoms with E-state index in [0.717, 1.165) is 17.0 Å². The quantitative estimate of drug-likeness (QED) is 0.495. The lowest BCUT2D eigenvalue weighted by atomic mass is 10.1. The number of thioether (sulfide) groups is 1. The largest absolute Gasteiger partial charge is 0.497 e. The van der Waals surface area contributed by atoms with Gasteiger partial charge in [0.25, 0.3) is 5.91 Å². The molecule has 30 heavy (non-hydrogen) atoms. The van der Waals surface area contributed by atoms with Gasteiger partial charge in [0.15, 0.2) is 5.17 Å². The number of hydrogen-bond acceptors (Lipinski definition) is 6. The van der Waals surface area contributed by atoms with Crippen LogP contribution in [0.4, 0.5) is 5.69 Å². The number of amidine groups is 1. The first-order chi connectivity index (χ1) is 14.4. The SMILES string of the molecule is COC(=O)c1ccc(/C=C2/SC(=Nc3ccc(OC)cc3)N(CC(C)C)C2=O)cc1. The first-order valence-electron chi connectivity index (χ1n) is 9.53. The van der Waals surface area contributed by atoms with Crippen LogP contribution in [-0.2, 0) is 9.53 Å². The summed E-state index contributed by atoms with van der Waals surface area (Å²) in [6.45, 7) is 4.71. The molecule has 6 nitrogen and oxygen atoms in total. The van der Waals surface area contributed by atoms with Crippen LogP contribution >= 0.6 is 11.8 Å². The van der Waals surface area contributed by atoms with E-state index >= 15 is 0 Å². The van der Waals surface area contributed by atoms with Crippen LogP contribution < -0.4 is 4.74 Å². The van der Waals surface area contributed by atoms with Crippen LogP contribution in [0.5, 0.6) is 5.75 Å². The van der Waals surface area contributed by atoms with E-state index in [-0.39, 0.29) is 5.91 Å². The van der Waals surface area contributed by atoms with Crippen molar-refractivity contribution in [2.45, 2.75) is 13.8 Å². The zero-order valence-corrected chi connectivity index (χ0v) is 18.2. The number of nitrogens with zero attached hydrogens (tertiary/aromatic N) is 2. The van der Waals surface area contributed by atoms with Crippen LogP contribution in [0.15, 0.2) is 58.4 Å². The number of hydrogen-bond donors (Lipinski definition) is 0. The number of methoxy groups -OCH3 is 2. The fraction of sp³-hybridized carbons (Fsp3) is 0.261. The third kappa shape index (κ3) is 5.10. The van der Waals surface area contributed by atoms with Gasteiger partial charge in [-0.3, -0.25) is 9.69 Å². The fourth-order valence-electron chi connectivity index (χ4n) is 2.87. The summed E-state index contributed by atoms with van der Waals surface area (Å²) in [5, 5.41) is 0.649. The molecule has 0 aromatic heterocycles. The molecule has 0 saturated carbocycles. The number of ether oxygens (including phenoxy) is 2. The van der Waals surface area contributed by atoms with E-state index in [1.165, 1.54) is 18.9 Å². The van der Waals surface area contributed by atoms with Crippen molar-refractivity contribution in [3.63, 3.8) is 0 Å². The maximum Gasteiger partial charge on any atom is 0.337 e. The van der Waals surface area contributed by atoms with Crippen LogP contribution in [0.1, 0.15) is 29.8 Å². The molecule has 7 heteroatoms. The second kappa shape index (κ2) is 9.63. The molecule has 3 rings (SSSR count). The molecule has 0 spiro atoms. The lowest BCUT2D eigenvalue weighted by Crippen LogP contribution is -2.32. The Morgan fingerprint density at radius 1 is 1.10 bits per heavy atom. The summed E-state index contributed by atoms with van der Waals surface area (Å²) < 4.78 is 9.91. The summed E-state index contributed by atoms with van der Waals surface area (Å²) in [5.74, 6) is 0.592. The van der Waals surface area contributed by atoms with Gasteiger partial charge >= 0.3 is 5.97 Å². The molecule has 0 unspecified atom stereocenters. The van der Waals surface area contributed by atoms with Crippen LogP contribution in [0.25, 0.3) is 6.08 Å². The number of rotatable bonds is 6. The Bertz CT molecular complexity index is 979. The molecule has 1 aliphatic heterocycles. The number of benzene rings is 2. The molecule has 1 fully saturated rings. The summed E-state index contributed by atoms with van der Waals surface area (Å²) in [5.41, 5.74) is 2.05. The van der Waals surface area contributed by atoms with Gasteiger partial charge in [-0.25, -0.2) is 9.79 Å². The highest BCUT2D eigenvalue weighted by atomic mass is 32.2. The number of esters is 1. The summed E-state index contributed by atoms with van der Waals surface area (Å²) in [6.07, 6.45) is 1.82. The van der Waals surface area contributed by atoms with Gasteiger partial charge in [-0.1, -0.05) is 26.0 Å². The maximum atomic E-state index is 13.0. The Balaban J connectivity index is 1.89. The lowest BCUT2D eigenvalue weighted by Gasteiger charge is -2.17. The van der Waals surface area contributed by atoms with Gasteiger partial charge < -0.3 is 9.47 Å². The fourth-order valence-corrected chi connectivity index (χ4v) is 3.88. The number of amides is 1. The first kappa shape index (κ1) is 21.6. The first-order valence-corrected chi connectivity index (χ1v) is 10.4. The predicted octanol–water partition coefficient (Wildman–Crippen LogP) is 4.74. The van der Waals surface area contributed by atoms with Crippen LogP contribution in [0.2, 0.25) is 0 Å². The van der Waals surface area contributed by atoms with Crippen LogP contribution in [0.3, 0.4) is 0 Å². The predicted molar refractivity (Wildman–Crippen MR) is 120 cm³/mol. The Kier molecular flexibility index (Phi) is 6.95. The minimum absolute atomic E-state index is 0.0713. The maximum absolute atomic E-state index is 13.0. The second-order valence-electron chi connectivity index (χ2n) is 7.13. The molecule has 1 heterocycles. The number of aliphatic imine (C=N–C) groups is 1. The summed E-state index contributed by atoms with van der Waals surface area (Å²) in [6, 6.07) is 14.3. The molecule has 1 amide bonds. The van der Waals surface area contributed by atoms with E-state index < -0.39 is 5.97 Å². The van der Waals surface area contributed by atoms with Crippen molar-refractivity contribution in [1.82, 2.24) is 4.90 Å². The van der Waals surface area contributed by atoms with Crippen molar-refractivity contribution in [2.24, 2.45) is 10.9 Å². The molecular weight excluding hydrogens is 400 g/mol. The minimum atomic E-state index is -0.391. The molecule has 156 valence electrons. The van der Waals surface area contributed by atoms with Crippen molar-refractivity contribution < 1.29 is 19.1 Å². The molecule has 1 aliphatic rings. The topological polar surface area (TPSA) is 68.2 Å². The molecule has 2 aromatic carbocycles. The highest BCUT2D eigenvalue weighted by molar-refractivity contribution is 8.18. The molecule has 0 atom stereocenters. The average molecular weight is 425 g/mol. The lowest BCUT2D eigenvalue weighted by molar-refractivity contribution is -0.122. The van der Waals surface area contributed by atoms with Gasteiger partial charge in [-0.15, -0.1) is 0 Å². The van der Waals surface area contributed by atoms with Crippen LogP contribution in [-0.4, -0.2) is 42.7 Å². The Morgan fingerprint density at radius 3 is 2.33 bits per heavy atom. The normalized spacial score (nSPS) is 16.6. The molecule has 0 aliphatic carbocycles. The van der Waals surface area contributed by atoms with Crippen molar-refractivity contribution >= 4 is 40.6 Å². The van der Waals surface area contributed by atoms with Gasteiger partial charge in [0, 0.05) is 6.54 Å². The number of carbonyl (C=O) groups excluding carboxylic acids is 2. The summed E-state index contributed by atoms with van der Waals surface area (Å²) in [4.78, 5) is 31.6. The highest BCUT2D eigenvalue weighted by Crippen LogP contribution is 2.35. The van der Waals surface area contributed by atoms with Crippen molar-refractivity contribution in [3.8, 4) is 5.75 Å². The van der Waals surface area contributed by atoms with Crippen molar-refractivity contribution in [3.05, 3.63) is 64.6 Å². The van der Waals surface area contributed by atoms with Gasteiger partial charge in [0.05, 0.1) is 30.4 Å². The second-order valence-corrected chi connectivity index (χ2v) is 8.14. The zero-order valence-electron chi connectivity index (χ0n) is 17.4. The smallest absolute Gasteiger partial charge is 0.337 e. The Labute approximate surface area is 180 Å². The van der Waals surface area contributed by atoms with E-state index in [9.17, 15) is 9.59 Å². The van der Waals surface area contributed by atoms with Crippen LogP contribution in [0, 0.1) is 5.92 Å². The molecular formula is C23H24N2O4S. The highest BCUT2D eigenvalue weighted by Gasteiger charge is 2.33. The van der Waals surface area contributed by atoms with E-state index in [1.807, 2.05) is 30.3 Å². The van der Waals surface area contributed by atoms with E-state index in [4.69, 9.17) is 9.47 Å². The van der Waals surface area contributed by atoms with Gasteiger partial charge in [-0.2, -0.15) is 0 Å². The standard InChI is InChI=1S/C23H24N2O4S/c1-15(2)14-25-21(26)20(13-16-5-7-17(8-6-16)22(27)29-4)30-23(25)24-18-9-11-19(28-3)12-10-18/h5-13,15H,14H2,1-4H3/b20-13+,24-23?. The minimum Gasteiger partial charge on any atom is -0.497 e. The Hall–Kier alpha value is -3.06. The molecule has 2 aromatic rings. The average Bonchev–Trinajstić information content (AvgIpc) is 3.02. The van der Waals surface area contributed by atoms with Gasteiger partial charge in [-0.05, 0) is 65.7 Å². The van der Waals surface area contributed by atoms with Crippen molar-refractivity contribution in [1.29, 1.82) is 0 Å². The molecule has 1 saturated heterocycles. The zero-order chi connectivity index (χ0) is 21.7. The molecule has 0 radical (unpaired) electrons. The summed E-state index contributed by atoms with van der Waals surface area (Å²) >= 11 is 1.35. The number of carbonyl (C=O) groups is 2. The summed E-state index contributed by atoms with van der Waals surface area (Å²) in [7, 11) is 2.96. The van der Waals surface area contributed by atoms with Gasteiger partial charge in [0.2, 0.25) is 0 Å². The van der Waals surface area contributed by atoms with E-state index in [1.54, 1.807) is 36.3 Å². The van der Waals surface area contributed by atoms with E-state index in [0.29, 0.717) is 28.1 Å². The third-order valence-electron chi connectivity index (χ3n) is 4.36. The third-order valence-corrected chi connectivity index (χ3v) is 5.37.